The summed E-state index contributed by atoms with van der Waals surface area (Å²) >= 11 is 0. The van der Waals surface area contributed by atoms with Gasteiger partial charge >= 0.3 is 0 Å². The van der Waals surface area contributed by atoms with E-state index in [2.05, 4.69) is 216 Å². The van der Waals surface area contributed by atoms with Gasteiger partial charge in [-0.15, -0.1) is 0 Å². The van der Waals surface area contributed by atoms with Gasteiger partial charge in [0, 0.05) is 49.3 Å². The fraction of sp³-hybridized carbons (Fsp3) is 0.0769. The van der Waals surface area contributed by atoms with Crippen LogP contribution in [0.25, 0.3) is 93.6 Å². The lowest BCUT2D eigenvalue weighted by Gasteiger charge is -2.20. The lowest BCUT2D eigenvalue weighted by atomic mass is 9.87. The molecule has 0 saturated heterocycles. The molecule has 0 N–H and O–H groups in total. The fourth-order valence-corrected chi connectivity index (χ4v) is 9.08. The van der Waals surface area contributed by atoms with Crippen molar-refractivity contribution in [3.63, 3.8) is 0 Å². The number of nitrogens with zero attached hydrogens (tertiary/aromatic N) is 3. The van der Waals surface area contributed by atoms with Gasteiger partial charge < -0.3 is 13.7 Å². The Morgan fingerprint density at radius 1 is 0.345 bits per heavy atom. The molecule has 0 fully saturated rings. The van der Waals surface area contributed by atoms with Gasteiger partial charge in [0.25, 0.3) is 0 Å². The molecule has 3 nitrogen and oxygen atoms in total. The van der Waals surface area contributed by atoms with Crippen molar-refractivity contribution in [1.29, 1.82) is 0 Å². The zero-order valence-electron chi connectivity index (χ0n) is 31.2. The molecule has 3 aromatic heterocycles. The van der Waals surface area contributed by atoms with Crippen molar-refractivity contribution in [3.8, 4) is 28.2 Å². The summed E-state index contributed by atoms with van der Waals surface area (Å²) in [5.74, 6) is 0. The predicted molar refractivity (Wildman–Crippen MR) is 234 cm³/mol. The van der Waals surface area contributed by atoms with Gasteiger partial charge in [-0.05, 0) is 89.3 Å². The lowest BCUT2D eigenvalue weighted by Crippen LogP contribution is -2.11. The van der Waals surface area contributed by atoms with Crippen molar-refractivity contribution < 1.29 is 0 Å². The summed E-state index contributed by atoms with van der Waals surface area (Å²) in [6.45, 7) is 6.86. The van der Waals surface area contributed by atoms with Crippen LogP contribution in [0.1, 0.15) is 26.3 Å². The third-order valence-electron chi connectivity index (χ3n) is 11.6. The Kier molecular flexibility index (Phi) is 6.81. The number of hydrogen-bond donors (Lipinski definition) is 0. The number of rotatable bonds is 4. The number of para-hydroxylation sites is 5. The fourth-order valence-electron chi connectivity index (χ4n) is 9.08. The summed E-state index contributed by atoms with van der Waals surface area (Å²) in [7, 11) is 0. The van der Waals surface area contributed by atoms with E-state index in [0.29, 0.717) is 0 Å². The standard InChI is InChI=1S/C52H39N3/c1-52(2,3)35-16-15-19-37(33-35)54-45-26-13-9-22-40(45)50-48(54)30-31-49-51(50)41-23-10-14-27-46(41)55(49)43-24-11-7-20-38(43)34-28-29-47-42(32-34)39-21-8-12-25-44(39)53(47)36-17-5-4-6-18-36/h4-33H,1-3H3. The first-order chi connectivity index (χ1) is 27.0. The zero-order chi connectivity index (χ0) is 36.8. The number of benzene rings is 8. The van der Waals surface area contributed by atoms with E-state index >= 15 is 0 Å². The van der Waals surface area contributed by atoms with Crippen molar-refractivity contribution in [3.05, 3.63) is 188 Å². The highest BCUT2D eigenvalue weighted by atomic mass is 15.0. The van der Waals surface area contributed by atoms with Crippen LogP contribution < -0.4 is 0 Å². The number of fused-ring (bicyclic) bond motifs is 10. The molecule has 0 atom stereocenters. The molecule has 11 rings (SSSR count). The molecule has 3 heteroatoms. The predicted octanol–water partition coefficient (Wildman–Crippen LogP) is 13.9. The largest absolute Gasteiger partial charge is 0.309 e. The summed E-state index contributed by atoms with van der Waals surface area (Å²) in [5, 5.41) is 7.60. The Balaban J connectivity index is 1.18. The molecular formula is C52H39N3. The zero-order valence-corrected chi connectivity index (χ0v) is 31.2. The van der Waals surface area contributed by atoms with Gasteiger partial charge in [-0.1, -0.05) is 130 Å². The summed E-state index contributed by atoms with van der Waals surface area (Å²) in [6.07, 6.45) is 0. The average molecular weight is 706 g/mol. The van der Waals surface area contributed by atoms with Crippen LogP contribution in [0.4, 0.5) is 0 Å². The molecule has 3 heterocycles. The third-order valence-corrected chi connectivity index (χ3v) is 11.6. The lowest BCUT2D eigenvalue weighted by molar-refractivity contribution is 0.590. The second-order valence-corrected chi connectivity index (χ2v) is 15.8. The van der Waals surface area contributed by atoms with Gasteiger partial charge in [0.15, 0.2) is 0 Å². The maximum Gasteiger partial charge on any atom is 0.0549 e. The van der Waals surface area contributed by atoms with Crippen LogP contribution in [0.15, 0.2) is 182 Å². The van der Waals surface area contributed by atoms with Gasteiger partial charge in [0.2, 0.25) is 0 Å². The summed E-state index contributed by atoms with van der Waals surface area (Å²) in [5.41, 5.74) is 14.6. The normalized spacial score (nSPS) is 12.3. The SMILES string of the molecule is CC(C)(C)c1cccc(-n2c3ccccc3c3c4c5ccccc5n(-c5ccccc5-c5ccc6c(c5)c5ccccc5n6-c5ccccc5)c4ccc32)c1. The van der Waals surface area contributed by atoms with Crippen LogP contribution in [0.2, 0.25) is 0 Å². The molecule has 55 heavy (non-hydrogen) atoms. The Hall–Kier alpha value is -6.84. The highest BCUT2D eigenvalue weighted by Crippen LogP contribution is 2.44. The molecule has 0 aliphatic heterocycles. The Bertz CT molecular complexity index is 3290. The van der Waals surface area contributed by atoms with Gasteiger partial charge in [-0.25, -0.2) is 0 Å². The molecule has 0 amide bonds. The molecule has 11 aromatic rings. The Morgan fingerprint density at radius 3 is 1.56 bits per heavy atom. The highest BCUT2D eigenvalue weighted by Gasteiger charge is 2.23. The first-order valence-corrected chi connectivity index (χ1v) is 19.2. The minimum Gasteiger partial charge on any atom is -0.309 e. The smallest absolute Gasteiger partial charge is 0.0549 e. The van der Waals surface area contributed by atoms with Crippen LogP contribution in [0.5, 0.6) is 0 Å². The first kappa shape index (κ1) is 31.7. The van der Waals surface area contributed by atoms with E-state index in [1.54, 1.807) is 0 Å². The molecule has 8 aromatic carbocycles. The summed E-state index contributed by atoms with van der Waals surface area (Å²) in [6, 6.07) is 66.9. The molecule has 0 aliphatic carbocycles. The van der Waals surface area contributed by atoms with E-state index in [4.69, 9.17) is 0 Å². The minimum atomic E-state index is 0.0480. The first-order valence-electron chi connectivity index (χ1n) is 19.2. The Morgan fingerprint density at radius 2 is 0.855 bits per heavy atom. The van der Waals surface area contributed by atoms with Crippen molar-refractivity contribution >= 4 is 65.4 Å². The van der Waals surface area contributed by atoms with E-state index in [0.717, 1.165) is 0 Å². The molecule has 0 saturated carbocycles. The second kappa shape index (κ2) is 11.8. The molecule has 0 unspecified atom stereocenters. The van der Waals surface area contributed by atoms with Gasteiger partial charge in [0.05, 0.1) is 38.8 Å². The molecular weight excluding hydrogens is 667 g/mol. The number of hydrogen-bond acceptors (Lipinski definition) is 0. The molecule has 0 radical (unpaired) electrons. The molecule has 262 valence electrons. The van der Waals surface area contributed by atoms with E-state index in [-0.39, 0.29) is 5.41 Å². The summed E-state index contributed by atoms with van der Waals surface area (Å²) < 4.78 is 7.33. The third kappa shape index (κ3) is 4.69. The maximum atomic E-state index is 2.49. The molecule has 0 bridgehead atoms. The van der Waals surface area contributed by atoms with Crippen molar-refractivity contribution in [1.82, 2.24) is 13.7 Å². The van der Waals surface area contributed by atoms with E-state index in [9.17, 15) is 0 Å². The van der Waals surface area contributed by atoms with Crippen molar-refractivity contribution in [2.24, 2.45) is 0 Å². The monoisotopic (exact) mass is 705 g/mol. The van der Waals surface area contributed by atoms with Gasteiger partial charge in [-0.3, -0.25) is 0 Å². The topological polar surface area (TPSA) is 14.8 Å². The van der Waals surface area contributed by atoms with E-state index in [1.165, 1.54) is 99.2 Å². The minimum absolute atomic E-state index is 0.0480. The van der Waals surface area contributed by atoms with Gasteiger partial charge in [-0.2, -0.15) is 0 Å². The highest BCUT2D eigenvalue weighted by molar-refractivity contribution is 6.29. The number of aromatic nitrogens is 3. The van der Waals surface area contributed by atoms with Crippen LogP contribution in [-0.4, -0.2) is 13.7 Å². The van der Waals surface area contributed by atoms with E-state index < -0.39 is 0 Å². The van der Waals surface area contributed by atoms with Gasteiger partial charge in [0.1, 0.15) is 0 Å². The second-order valence-electron chi connectivity index (χ2n) is 15.8. The average Bonchev–Trinajstić information content (AvgIpc) is 3.86. The van der Waals surface area contributed by atoms with Crippen molar-refractivity contribution in [2.75, 3.05) is 0 Å². The van der Waals surface area contributed by atoms with Crippen LogP contribution in [-0.2, 0) is 5.41 Å². The summed E-state index contributed by atoms with van der Waals surface area (Å²) in [4.78, 5) is 0. The van der Waals surface area contributed by atoms with E-state index in [1.807, 2.05) is 0 Å². The maximum absolute atomic E-state index is 2.49. The van der Waals surface area contributed by atoms with Crippen LogP contribution in [0.3, 0.4) is 0 Å². The Labute approximate surface area is 319 Å². The quantitative estimate of drug-likeness (QED) is 0.173. The van der Waals surface area contributed by atoms with Crippen LogP contribution in [0, 0.1) is 0 Å². The van der Waals surface area contributed by atoms with Crippen LogP contribution >= 0.6 is 0 Å². The molecule has 0 spiro atoms. The van der Waals surface area contributed by atoms with Crippen molar-refractivity contribution in [2.45, 2.75) is 26.2 Å². The molecule has 0 aliphatic rings.